The summed E-state index contributed by atoms with van der Waals surface area (Å²) in [5, 5.41) is 17.9. The fraction of sp³-hybridized carbons (Fsp3) is 0.267. The number of ketones is 1. The zero-order chi connectivity index (χ0) is 18.1. The number of para-hydroxylation sites is 1. The number of allylic oxidation sites excluding steroid dienone is 2. The molecule has 0 radical (unpaired) electrons. The summed E-state index contributed by atoms with van der Waals surface area (Å²) in [6.07, 6.45) is 2.21. The Morgan fingerprint density at radius 2 is 1.79 bits per heavy atom. The zero-order valence-electron chi connectivity index (χ0n) is 12.8. The van der Waals surface area contributed by atoms with Gasteiger partial charge in [0.1, 0.15) is 11.5 Å². The Labute approximate surface area is 138 Å². The van der Waals surface area contributed by atoms with Crippen molar-refractivity contribution in [1.29, 1.82) is 0 Å². The summed E-state index contributed by atoms with van der Waals surface area (Å²) >= 11 is 0. The van der Waals surface area contributed by atoms with Crippen molar-refractivity contribution < 1.29 is 37.5 Å². The topological polar surface area (TPSA) is 130 Å². The maximum absolute atomic E-state index is 12.6. The number of hydrogen-bond acceptors (Lipinski definition) is 7. The molecule has 1 aliphatic carbocycles. The molecule has 0 aromatic heterocycles. The number of benzene rings is 1. The molecule has 8 nitrogen and oxygen atoms in total. The van der Waals surface area contributed by atoms with Gasteiger partial charge in [-0.2, -0.15) is 8.42 Å². The van der Waals surface area contributed by atoms with Crippen LogP contribution in [0.2, 0.25) is 0 Å². The number of carbonyl (C=O) groups is 1. The highest BCUT2D eigenvalue weighted by atomic mass is 32.2. The summed E-state index contributed by atoms with van der Waals surface area (Å²) in [6.45, 7) is 0. The van der Waals surface area contributed by atoms with Crippen molar-refractivity contribution in [3.05, 3.63) is 47.6 Å². The van der Waals surface area contributed by atoms with E-state index in [0.29, 0.717) is 0 Å². The monoisotopic (exact) mass is 356 g/mol. The van der Waals surface area contributed by atoms with Gasteiger partial charge in [-0.1, -0.05) is 12.1 Å². The second-order valence-corrected chi connectivity index (χ2v) is 6.50. The lowest BCUT2D eigenvalue weighted by molar-refractivity contribution is -0.176. The van der Waals surface area contributed by atoms with Crippen molar-refractivity contribution in [2.45, 2.75) is 11.0 Å². The fourth-order valence-corrected chi connectivity index (χ4v) is 3.57. The molecule has 1 unspecified atom stereocenters. The number of Topliss-reactive ketones (excluding diaryl/α,β-unsaturated/α-hetero) is 1. The Morgan fingerprint density at radius 3 is 2.29 bits per heavy atom. The van der Waals surface area contributed by atoms with E-state index in [1.807, 2.05) is 0 Å². The van der Waals surface area contributed by atoms with Crippen molar-refractivity contribution in [3.63, 3.8) is 0 Å². The Hall–Kier alpha value is -2.20. The minimum atomic E-state index is -4.92. The van der Waals surface area contributed by atoms with E-state index < -0.39 is 38.3 Å². The SMILES string of the molecule is COC1(OC)C=CC(=C(O)c2ccccc2O)C(=O)C1S(=O)(=O)O. The van der Waals surface area contributed by atoms with Crippen LogP contribution in [0.15, 0.2) is 42.0 Å². The van der Waals surface area contributed by atoms with Gasteiger partial charge in [-0.15, -0.1) is 0 Å². The Morgan fingerprint density at radius 1 is 1.21 bits per heavy atom. The summed E-state index contributed by atoms with van der Waals surface area (Å²) in [6, 6.07) is 5.66. The second kappa shape index (κ2) is 6.36. The predicted molar refractivity (Wildman–Crippen MR) is 83.9 cm³/mol. The van der Waals surface area contributed by atoms with E-state index in [0.717, 1.165) is 26.4 Å². The highest BCUT2D eigenvalue weighted by Crippen LogP contribution is 2.35. The first-order valence-corrected chi connectivity index (χ1v) is 8.20. The lowest BCUT2D eigenvalue weighted by atomic mass is 9.92. The van der Waals surface area contributed by atoms with E-state index in [2.05, 4.69) is 0 Å². The number of methoxy groups -OCH3 is 2. The number of carbonyl (C=O) groups excluding carboxylic acids is 1. The molecule has 0 heterocycles. The number of ether oxygens (including phenoxy) is 2. The van der Waals surface area contributed by atoms with Gasteiger partial charge in [0.05, 0.1) is 11.1 Å². The number of aliphatic hydroxyl groups excluding tert-OH is 1. The van der Waals surface area contributed by atoms with Gasteiger partial charge >= 0.3 is 0 Å². The number of phenols is 1. The smallest absolute Gasteiger partial charge is 0.281 e. The molecule has 0 saturated carbocycles. The van der Waals surface area contributed by atoms with Crippen molar-refractivity contribution >= 4 is 21.7 Å². The molecule has 0 bridgehead atoms. The third-order valence-corrected chi connectivity index (χ3v) is 4.84. The van der Waals surface area contributed by atoms with Crippen LogP contribution >= 0.6 is 0 Å². The van der Waals surface area contributed by atoms with Gasteiger partial charge in [0.2, 0.25) is 11.0 Å². The molecular weight excluding hydrogens is 340 g/mol. The van der Waals surface area contributed by atoms with Gasteiger partial charge in [-0.3, -0.25) is 9.35 Å². The van der Waals surface area contributed by atoms with E-state index in [1.165, 1.54) is 24.3 Å². The van der Waals surface area contributed by atoms with Crippen LogP contribution in [0.4, 0.5) is 0 Å². The van der Waals surface area contributed by atoms with Crippen LogP contribution in [0.25, 0.3) is 5.76 Å². The van der Waals surface area contributed by atoms with Crippen LogP contribution in [-0.4, -0.2) is 54.2 Å². The molecule has 3 N–H and O–H groups in total. The number of phenolic OH excluding ortho intramolecular Hbond substituents is 1. The lowest BCUT2D eigenvalue weighted by Crippen LogP contribution is -2.55. The van der Waals surface area contributed by atoms with Gasteiger partial charge in [-0.25, -0.2) is 0 Å². The average molecular weight is 356 g/mol. The Kier molecular flexibility index (Phi) is 4.81. The Balaban J connectivity index is 2.70. The van der Waals surface area contributed by atoms with E-state index in [1.54, 1.807) is 0 Å². The molecule has 24 heavy (non-hydrogen) atoms. The van der Waals surface area contributed by atoms with Crippen molar-refractivity contribution in [3.8, 4) is 5.75 Å². The second-order valence-electron chi connectivity index (χ2n) is 5.00. The van der Waals surface area contributed by atoms with Crippen molar-refractivity contribution in [1.82, 2.24) is 0 Å². The average Bonchev–Trinajstić information content (AvgIpc) is 2.53. The van der Waals surface area contributed by atoms with Gasteiger partial charge in [0.25, 0.3) is 10.1 Å². The van der Waals surface area contributed by atoms with Gasteiger partial charge < -0.3 is 19.7 Å². The van der Waals surface area contributed by atoms with Crippen LogP contribution in [0, 0.1) is 0 Å². The minimum Gasteiger partial charge on any atom is -0.507 e. The highest BCUT2D eigenvalue weighted by Gasteiger charge is 2.53. The number of aromatic hydroxyl groups is 1. The van der Waals surface area contributed by atoms with Gasteiger partial charge in [0.15, 0.2) is 5.78 Å². The molecule has 2 rings (SSSR count). The van der Waals surface area contributed by atoms with Crippen molar-refractivity contribution in [2.24, 2.45) is 0 Å². The first-order valence-electron chi connectivity index (χ1n) is 6.69. The summed E-state index contributed by atoms with van der Waals surface area (Å²) in [5.41, 5.74) is -0.481. The van der Waals surface area contributed by atoms with Crippen LogP contribution in [0.5, 0.6) is 5.75 Å². The van der Waals surface area contributed by atoms with Crippen LogP contribution in [0.3, 0.4) is 0 Å². The Bertz CT molecular complexity index is 818. The number of hydrogen-bond donors (Lipinski definition) is 3. The van der Waals surface area contributed by atoms with Gasteiger partial charge in [0, 0.05) is 14.2 Å². The molecule has 1 aliphatic rings. The highest BCUT2D eigenvalue weighted by molar-refractivity contribution is 7.87. The van der Waals surface area contributed by atoms with Crippen LogP contribution < -0.4 is 0 Å². The van der Waals surface area contributed by atoms with Gasteiger partial charge in [-0.05, 0) is 24.3 Å². The summed E-state index contributed by atoms with van der Waals surface area (Å²) in [7, 11) is -2.71. The first-order chi connectivity index (χ1) is 11.2. The van der Waals surface area contributed by atoms with E-state index in [4.69, 9.17) is 9.47 Å². The molecule has 1 aromatic rings. The molecule has 0 amide bonds. The molecule has 1 aromatic carbocycles. The molecular formula is C15H16O8S. The zero-order valence-corrected chi connectivity index (χ0v) is 13.6. The molecule has 0 aliphatic heterocycles. The molecule has 0 spiro atoms. The van der Waals surface area contributed by atoms with Crippen LogP contribution in [-0.2, 0) is 24.4 Å². The maximum Gasteiger partial charge on any atom is 0.281 e. The molecule has 1 atom stereocenters. The standard InChI is InChI=1S/C15H16O8S/c1-22-15(23-2)8-7-10(13(18)14(15)24(19,20)21)12(17)9-5-3-4-6-11(9)16/h3-8,14,16-17H,1-2H3,(H,19,20,21). The number of rotatable bonds is 4. The first kappa shape index (κ1) is 18.1. The third-order valence-electron chi connectivity index (χ3n) is 3.70. The lowest BCUT2D eigenvalue weighted by Gasteiger charge is -2.35. The van der Waals surface area contributed by atoms with Crippen LogP contribution in [0.1, 0.15) is 5.56 Å². The fourth-order valence-electron chi connectivity index (χ4n) is 2.48. The predicted octanol–water partition coefficient (Wildman–Crippen LogP) is 1.05. The van der Waals surface area contributed by atoms with Crippen molar-refractivity contribution in [2.75, 3.05) is 14.2 Å². The third kappa shape index (κ3) is 2.94. The molecule has 130 valence electrons. The summed E-state index contributed by atoms with van der Waals surface area (Å²) in [4.78, 5) is 12.6. The summed E-state index contributed by atoms with van der Waals surface area (Å²) < 4.78 is 42.8. The number of aliphatic hydroxyl groups is 1. The largest absolute Gasteiger partial charge is 0.507 e. The molecule has 9 heteroatoms. The quantitative estimate of drug-likeness (QED) is 0.316. The van der Waals surface area contributed by atoms with E-state index >= 15 is 0 Å². The van der Waals surface area contributed by atoms with E-state index in [9.17, 15) is 28.0 Å². The summed E-state index contributed by atoms with van der Waals surface area (Å²) in [5.74, 6) is -4.11. The molecule has 0 fully saturated rings. The minimum absolute atomic E-state index is 0.0677. The molecule has 0 saturated heterocycles. The maximum atomic E-state index is 12.6. The normalized spacial score (nSPS) is 22.5. The van der Waals surface area contributed by atoms with E-state index in [-0.39, 0.29) is 11.3 Å².